The second-order valence-corrected chi connectivity index (χ2v) is 4.68. The first-order valence-electron chi connectivity index (χ1n) is 6.48. The lowest BCUT2D eigenvalue weighted by Gasteiger charge is -2.11. The van der Waals surface area contributed by atoms with E-state index in [2.05, 4.69) is 10.7 Å². The summed E-state index contributed by atoms with van der Waals surface area (Å²) in [6, 6.07) is 7.07. The second kappa shape index (κ2) is 7.88. The molecule has 0 bridgehead atoms. The predicted octanol–water partition coefficient (Wildman–Crippen LogP) is 0.0458. The van der Waals surface area contributed by atoms with Crippen LogP contribution in [0.2, 0.25) is 0 Å². The number of para-hydroxylation sites is 1. The molecule has 3 amide bonds. The Hall–Kier alpha value is -2.57. The van der Waals surface area contributed by atoms with Gasteiger partial charge in [0.25, 0.3) is 5.91 Å². The zero-order chi connectivity index (χ0) is 15.8. The molecule has 7 heteroatoms. The zero-order valence-electron chi connectivity index (χ0n) is 12.2. The van der Waals surface area contributed by atoms with Crippen LogP contribution in [0, 0.1) is 6.92 Å². The van der Waals surface area contributed by atoms with Gasteiger partial charge >= 0.3 is 11.8 Å². The van der Waals surface area contributed by atoms with E-state index in [1.807, 2.05) is 24.5 Å². The maximum absolute atomic E-state index is 11.5. The third kappa shape index (κ3) is 5.94. The molecule has 0 aliphatic carbocycles. The van der Waals surface area contributed by atoms with Gasteiger partial charge < -0.3 is 10.1 Å². The molecule has 0 unspecified atom stereocenters. The number of amides is 3. The largest absolute Gasteiger partial charge is 0.483 e. The Balaban J connectivity index is 2.33. The van der Waals surface area contributed by atoms with Gasteiger partial charge in [0.1, 0.15) is 5.75 Å². The lowest BCUT2D eigenvalue weighted by molar-refractivity contribution is -0.141. The first-order valence-corrected chi connectivity index (χ1v) is 6.48. The summed E-state index contributed by atoms with van der Waals surface area (Å²) in [4.78, 5) is 34.1. The smallest absolute Gasteiger partial charge is 0.327 e. The molecular formula is C14H19N3O4. The standard InChI is InChI=1S/C14H19N3O4/c1-9(2)15-13(19)14(20)17-16-12(18)8-21-11-7-5-4-6-10(11)3/h4-7,9H,8H2,1-3H3,(H,15,19)(H,16,18)(H,17,20). The van der Waals surface area contributed by atoms with Crippen molar-refractivity contribution in [1.29, 1.82) is 0 Å². The van der Waals surface area contributed by atoms with Crippen LogP contribution in [0.15, 0.2) is 24.3 Å². The van der Waals surface area contributed by atoms with Crippen molar-refractivity contribution in [3.63, 3.8) is 0 Å². The van der Waals surface area contributed by atoms with Gasteiger partial charge in [-0.15, -0.1) is 0 Å². The van der Waals surface area contributed by atoms with Gasteiger partial charge in [-0.2, -0.15) is 0 Å². The van der Waals surface area contributed by atoms with Crippen molar-refractivity contribution < 1.29 is 19.1 Å². The zero-order valence-corrected chi connectivity index (χ0v) is 12.2. The van der Waals surface area contributed by atoms with Gasteiger partial charge in [0.15, 0.2) is 6.61 Å². The number of rotatable bonds is 4. The van der Waals surface area contributed by atoms with Gasteiger partial charge in [0.05, 0.1) is 0 Å². The fourth-order valence-corrected chi connectivity index (χ4v) is 1.41. The summed E-state index contributed by atoms with van der Waals surface area (Å²) in [7, 11) is 0. The van der Waals surface area contributed by atoms with Crippen molar-refractivity contribution >= 4 is 17.7 Å². The van der Waals surface area contributed by atoms with E-state index in [-0.39, 0.29) is 12.6 Å². The fourth-order valence-electron chi connectivity index (χ4n) is 1.41. The van der Waals surface area contributed by atoms with Gasteiger partial charge in [-0.1, -0.05) is 18.2 Å². The van der Waals surface area contributed by atoms with Crippen LogP contribution in [0.3, 0.4) is 0 Å². The Morgan fingerprint density at radius 2 is 1.76 bits per heavy atom. The summed E-state index contributed by atoms with van der Waals surface area (Å²) in [5.74, 6) is -1.74. The Morgan fingerprint density at radius 1 is 1.10 bits per heavy atom. The average molecular weight is 293 g/mol. The lowest BCUT2D eigenvalue weighted by Crippen LogP contribution is -2.50. The maximum Gasteiger partial charge on any atom is 0.327 e. The van der Waals surface area contributed by atoms with Crippen molar-refractivity contribution in [3.8, 4) is 5.75 Å². The van der Waals surface area contributed by atoms with Gasteiger partial charge in [0, 0.05) is 6.04 Å². The highest BCUT2D eigenvalue weighted by Crippen LogP contribution is 2.15. The highest BCUT2D eigenvalue weighted by atomic mass is 16.5. The van der Waals surface area contributed by atoms with Crippen molar-refractivity contribution in [1.82, 2.24) is 16.2 Å². The molecule has 1 rings (SSSR count). The molecule has 0 radical (unpaired) electrons. The normalized spacial score (nSPS) is 9.90. The molecule has 0 heterocycles. The summed E-state index contributed by atoms with van der Waals surface area (Å²) in [6.45, 7) is 5.03. The Labute approximate surface area is 123 Å². The molecule has 1 aromatic rings. The van der Waals surface area contributed by atoms with E-state index in [1.54, 1.807) is 26.0 Å². The Bertz CT molecular complexity index is 529. The minimum atomic E-state index is -0.937. The van der Waals surface area contributed by atoms with Gasteiger partial charge in [-0.25, -0.2) is 0 Å². The highest BCUT2D eigenvalue weighted by molar-refractivity contribution is 6.35. The number of ether oxygens (including phenoxy) is 1. The molecular weight excluding hydrogens is 274 g/mol. The number of carbonyl (C=O) groups is 3. The fraction of sp³-hybridized carbons (Fsp3) is 0.357. The van der Waals surface area contributed by atoms with Crippen LogP contribution >= 0.6 is 0 Å². The van der Waals surface area contributed by atoms with Crippen molar-refractivity contribution in [2.45, 2.75) is 26.8 Å². The van der Waals surface area contributed by atoms with Crippen LogP contribution in [0.25, 0.3) is 0 Å². The van der Waals surface area contributed by atoms with E-state index in [9.17, 15) is 14.4 Å². The lowest BCUT2D eigenvalue weighted by atomic mass is 10.2. The topological polar surface area (TPSA) is 96.5 Å². The van der Waals surface area contributed by atoms with Crippen LogP contribution in [-0.2, 0) is 14.4 Å². The molecule has 0 saturated heterocycles. The van der Waals surface area contributed by atoms with Crippen LogP contribution in [0.4, 0.5) is 0 Å². The number of carbonyl (C=O) groups excluding carboxylic acids is 3. The number of aryl methyl sites for hydroxylation is 1. The molecule has 0 spiro atoms. The van der Waals surface area contributed by atoms with E-state index in [0.717, 1.165) is 5.56 Å². The van der Waals surface area contributed by atoms with Crippen molar-refractivity contribution in [2.75, 3.05) is 6.61 Å². The molecule has 114 valence electrons. The maximum atomic E-state index is 11.5. The summed E-state index contributed by atoms with van der Waals surface area (Å²) in [6.07, 6.45) is 0. The third-order valence-corrected chi connectivity index (χ3v) is 2.39. The van der Waals surface area contributed by atoms with E-state index in [4.69, 9.17) is 4.74 Å². The monoisotopic (exact) mass is 293 g/mol. The average Bonchev–Trinajstić information content (AvgIpc) is 2.43. The minimum Gasteiger partial charge on any atom is -0.483 e. The molecule has 21 heavy (non-hydrogen) atoms. The van der Waals surface area contributed by atoms with E-state index in [1.165, 1.54) is 0 Å². The van der Waals surface area contributed by atoms with E-state index in [0.29, 0.717) is 5.75 Å². The first-order chi connectivity index (χ1) is 9.90. The first kappa shape index (κ1) is 16.5. The summed E-state index contributed by atoms with van der Waals surface area (Å²) in [5, 5.41) is 2.40. The SMILES string of the molecule is Cc1ccccc1OCC(=O)NNC(=O)C(=O)NC(C)C. The molecule has 0 aliphatic heterocycles. The van der Waals surface area contributed by atoms with Gasteiger partial charge in [-0.05, 0) is 32.4 Å². The van der Waals surface area contributed by atoms with Gasteiger partial charge in [0.2, 0.25) is 0 Å². The third-order valence-electron chi connectivity index (χ3n) is 2.39. The number of hydrazine groups is 1. The number of nitrogens with one attached hydrogen (secondary N) is 3. The highest BCUT2D eigenvalue weighted by Gasteiger charge is 2.15. The summed E-state index contributed by atoms with van der Waals surface area (Å²) < 4.78 is 5.29. The minimum absolute atomic E-state index is 0.164. The molecule has 0 aliphatic rings. The molecule has 0 saturated carbocycles. The second-order valence-electron chi connectivity index (χ2n) is 4.68. The number of benzene rings is 1. The molecule has 0 aromatic heterocycles. The van der Waals surface area contributed by atoms with Crippen LogP contribution in [0.5, 0.6) is 5.75 Å². The molecule has 3 N–H and O–H groups in total. The Kier molecular flexibility index (Phi) is 6.19. The van der Waals surface area contributed by atoms with Crippen molar-refractivity contribution in [2.24, 2.45) is 0 Å². The van der Waals surface area contributed by atoms with E-state index < -0.39 is 17.7 Å². The molecule has 0 fully saturated rings. The predicted molar refractivity (Wildman–Crippen MR) is 76.2 cm³/mol. The van der Waals surface area contributed by atoms with Crippen LogP contribution < -0.4 is 20.9 Å². The number of hydrogen-bond donors (Lipinski definition) is 3. The molecule has 7 nitrogen and oxygen atoms in total. The van der Waals surface area contributed by atoms with Crippen LogP contribution in [-0.4, -0.2) is 30.4 Å². The summed E-state index contributed by atoms with van der Waals surface area (Å²) in [5.41, 5.74) is 5.00. The molecule has 0 atom stereocenters. The van der Waals surface area contributed by atoms with E-state index >= 15 is 0 Å². The Morgan fingerprint density at radius 3 is 2.38 bits per heavy atom. The van der Waals surface area contributed by atoms with Crippen molar-refractivity contribution in [3.05, 3.63) is 29.8 Å². The quantitative estimate of drug-likeness (QED) is 0.539. The molecule has 1 aromatic carbocycles. The summed E-state index contributed by atoms with van der Waals surface area (Å²) >= 11 is 0. The van der Waals surface area contributed by atoms with Crippen LogP contribution in [0.1, 0.15) is 19.4 Å². The number of hydrogen-bond acceptors (Lipinski definition) is 4. The van der Waals surface area contributed by atoms with Gasteiger partial charge in [-0.3, -0.25) is 25.2 Å².